The van der Waals surface area contributed by atoms with Gasteiger partial charge in [-0.3, -0.25) is 4.98 Å². The van der Waals surface area contributed by atoms with Crippen LogP contribution in [0.25, 0.3) is 5.57 Å². The van der Waals surface area contributed by atoms with Crippen LogP contribution in [-0.4, -0.2) is 35.0 Å². The monoisotopic (exact) mass is 617 g/mol. The van der Waals surface area contributed by atoms with Crippen LogP contribution in [0.15, 0.2) is 104 Å². The van der Waals surface area contributed by atoms with Crippen molar-refractivity contribution in [2.24, 2.45) is 3.77 Å². The fourth-order valence-corrected chi connectivity index (χ4v) is 10.00. The number of halogens is 1. The quantitative estimate of drug-likeness (QED) is 0.243. The summed E-state index contributed by atoms with van der Waals surface area (Å²) in [5.74, 6) is 0. The molecule has 0 radical (unpaired) electrons. The predicted octanol–water partition coefficient (Wildman–Crippen LogP) is 7.18. The minimum absolute atomic E-state index is 0.0316. The summed E-state index contributed by atoms with van der Waals surface area (Å²) in [6, 6.07) is 23.8. The fourth-order valence-electron chi connectivity index (χ4n) is 5.73. The lowest BCUT2D eigenvalue weighted by atomic mass is 9.89. The molecule has 6 nitrogen and oxygen atoms in total. The van der Waals surface area contributed by atoms with Gasteiger partial charge in [-0.1, -0.05) is 68.5 Å². The Bertz CT molecular complexity index is 1920. The summed E-state index contributed by atoms with van der Waals surface area (Å²) < 4.78 is 47.7. The third-order valence-corrected chi connectivity index (χ3v) is 12.7. The molecule has 4 aromatic rings. The third kappa shape index (κ3) is 5.56. The molecule has 42 heavy (non-hydrogen) atoms. The summed E-state index contributed by atoms with van der Waals surface area (Å²) in [6.07, 6.45) is 4.78. The van der Waals surface area contributed by atoms with Gasteiger partial charge < -0.3 is 0 Å². The SMILES string of the molecule is Cc1ccc(S(=O)(=O)N=[S@@](=O)(c2ccc(C)cc2)N2CCC(=C3c4ccc(Cl)cc4CCc4cccnc43)CC2)cc1. The maximum atomic E-state index is 14.8. The van der Waals surface area contributed by atoms with Crippen LogP contribution in [0.2, 0.25) is 5.02 Å². The lowest BCUT2D eigenvalue weighted by molar-refractivity contribution is 0.409. The van der Waals surface area contributed by atoms with E-state index in [0.29, 0.717) is 35.8 Å². The van der Waals surface area contributed by atoms with Gasteiger partial charge >= 0.3 is 0 Å². The molecule has 1 saturated heterocycles. The summed E-state index contributed by atoms with van der Waals surface area (Å²) in [4.78, 5) is 5.23. The molecule has 2 heterocycles. The average molecular weight is 618 g/mol. The van der Waals surface area contributed by atoms with E-state index in [0.717, 1.165) is 40.8 Å². The first kappa shape index (κ1) is 28.8. The van der Waals surface area contributed by atoms with Gasteiger partial charge in [0.1, 0.15) is 0 Å². The van der Waals surface area contributed by atoms with E-state index in [1.165, 1.54) is 28.8 Å². The van der Waals surface area contributed by atoms with Crippen LogP contribution < -0.4 is 0 Å². The van der Waals surface area contributed by atoms with Crippen molar-refractivity contribution in [2.75, 3.05) is 13.1 Å². The Labute approximate surface area is 253 Å². The molecule has 9 heteroatoms. The molecule has 0 unspecified atom stereocenters. The van der Waals surface area contributed by atoms with Gasteiger partial charge in [0.2, 0.25) is 0 Å². The number of sulfonamides is 1. The molecular weight excluding hydrogens is 586 g/mol. The fraction of sp³-hybridized carbons (Fsp3) is 0.242. The maximum absolute atomic E-state index is 14.8. The highest BCUT2D eigenvalue weighted by Gasteiger charge is 2.32. The van der Waals surface area contributed by atoms with Gasteiger partial charge in [0.15, 0.2) is 9.92 Å². The number of aromatic nitrogens is 1. The molecule has 0 bridgehead atoms. The molecule has 216 valence electrons. The van der Waals surface area contributed by atoms with Crippen molar-refractivity contribution in [3.8, 4) is 0 Å². The molecule has 1 aliphatic carbocycles. The lowest BCUT2D eigenvalue weighted by Crippen LogP contribution is -2.37. The van der Waals surface area contributed by atoms with E-state index >= 15 is 0 Å². The largest absolute Gasteiger partial charge is 0.291 e. The zero-order chi connectivity index (χ0) is 29.5. The van der Waals surface area contributed by atoms with Gasteiger partial charge in [0, 0.05) is 29.9 Å². The van der Waals surface area contributed by atoms with Crippen LogP contribution in [0.4, 0.5) is 0 Å². The number of rotatable bonds is 4. The molecule has 1 aromatic heterocycles. The van der Waals surface area contributed by atoms with Gasteiger partial charge in [-0.25, -0.2) is 8.51 Å². The second kappa shape index (κ2) is 11.4. The minimum Gasteiger partial charge on any atom is -0.256 e. The Morgan fingerprint density at radius 2 is 1.38 bits per heavy atom. The Kier molecular flexibility index (Phi) is 7.83. The van der Waals surface area contributed by atoms with E-state index in [-0.39, 0.29) is 4.90 Å². The summed E-state index contributed by atoms with van der Waals surface area (Å²) >= 11 is 6.39. The lowest BCUT2D eigenvalue weighted by Gasteiger charge is -2.32. The Balaban J connectivity index is 1.43. The standard InChI is InChI=1S/C33H32ClN3O3S2/c1-23-5-12-29(13-6-23)41(38,36-42(39,40)30-14-7-24(2)8-15-30)37-20-17-25(18-21-37)32-31-16-11-28(34)22-27(31)10-9-26-4-3-19-35-33(26)32/h3-8,11-16,19,22H,9-10,17-18,20-21H2,1-2H3/t41-/m0/s1. The normalized spacial score (nSPS) is 17.1. The van der Waals surface area contributed by atoms with Gasteiger partial charge in [0.25, 0.3) is 10.0 Å². The van der Waals surface area contributed by atoms with Crippen molar-refractivity contribution in [3.63, 3.8) is 0 Å². The van der Waals surface area contributed by atoms with Crippen molar-refractivity contribution < 1.29 is 12.6 Å². The first-order chi connectivity index (χ1) is 20.1. The van der Waals surface area contributed by atoms with E-state index in [4.69, 9.17) is 16.6 Å². The Morgan fingerprint density at radius 3 is 2.05 bits per heavy atom. The number of fused-ring (bicyclic) bond motifs is 2. The van der Waals surface area contributed by atoms with Gasteiger partial charge in [0.05, 0.1) is 15.5 Å². The van der Waals surface area contributed by atoms with Crippen molar-refractivity contribution in [2.45, 2.75) is 49.3 Å². The number of nitrogens with zero attached hydrogens (tertiary/aromatic N) is 3. The van der Waals surface area contributed by atoms with Crippen molar-refractivity contribution in [1.82, 2.24) is 9.29 Å². The summed E-state index contributed by atoms with van der Waals surface area (Å²) in [6.45, 7) is 4.61. The molecule has 0 saturated carbocycles. The summed E-state index contributed by atoms with van der Waals surface area (Å²) in [5.41, 5.74) is 8.74. The number of aryl methyl sites for hydroxylation is 4. The predicted molar refractivity (Wildman–Crippen MR) is 168 cm³/mol. The van der Waals surface area contributed by atoms with E-state index in [9.17, 15) is 12.6 Å². The number of piperidine rings is 1. The maximum Gasteiger partial charge on any atom is 0.291 e. The molecule has 0 amide bonds. The number of hydrogen-bond donors (Lipinski definition) is 0. The minimum atomic E-state index is -4.19. The van der Waals surface area contributed by atoms with Gasteiger partial charge in [-0.15, -0.1) is 0 Å². The number of pyridine rings is 1. The topological polar surface area (TPSA) is 79.7 Å². The van der Waals surface area contributed by atoms with Crippen molar-refractivity contribution >= 4 is 37.1 Å². The van der Waals surface area contributed by atoms with E-state index < -0.39 is 19.9 Å². The van der Waals surface area contributed by atoms with Crippen molar-refractivity contribution in [1.29, 1.82) is 0 Å². The first-order valence-electron chi connectivity index (χ1n) is 14.0. The van der Waals surface area contributed by atoms with Gasteiger partial charge in [-0.2, -0.15) is 8.42 Å². The van der Waals surface area contributed by atoms with E-state index in [2.05, 4.69) is 15.9 Å². The second-order valence-electron chi connectivity index (χ2n) is 10.9. The molecule has 6 rings (SSSR count). The Hall–Kier alpha value is -3.30. The molecule has 0 N–H and O–H groups in total. The number of hydrogen-bond acceptors (Lipinski definition) is 4. The highest BCUT2D eigenvalue weighted by molar-refractivity contribution is 8.02. The van der Waals surface area contributed by atoms with Crippen LogP contribution in [0.1, 0.15) is 46.4 Å². The molecule has 0 spiro atoms. The van der Waals surface area contributed by atoms with Gasteiger partial charge in [-0.05, 0) is 98.7 Å². The molecule has 1 aliphatic heterocycles. The molecular formula is C33H32ClN3O3S2. The molecule has 3 aromatic carbocycles. The zero-order valence-electron chi connectivity index (χ0n) is 23.6. The molecule has 1 atom stereocenters. The molecule has 2 aliphatic rings. The van der Waals surface area contributed by atoms with Crippen LogP contribution in [0.5, 0.6) is 0 Å². The summed E-state index contributed by atoms with van der Waals surface area (Å²) in [7, 11) is -7.67. The smallest absolute Gasteiger partial charge is 0.256 e. The highest BCUT2D eigenvalue weighted by atomic mass is 35.5. The molecule has 1 fully saturated rings. The Morgan fingerprint density at radius 1 is 0.762 bits per heavy atom. The second-order valence-corrected chi connectivity index (χ2v) is 15.3. The van der Waals surface area contributed by atoms with Crippen molar-refractivity contribution in [3.05, 3.63) is 129 Å². The van der Waals surface area contributed by atoms with Crippen LogP contribution >= 0.6 is 11.6 Å². The zero-order valence-corrected chi connectivity index (χ0v) is 26.0. The average Bonchev–Trinajstić information content (AvgIpc) is 3.14. The van der Waals surface area contributed by atoms with E-state index in [1.807, 2.05) is 50.4 Å². The highest BCUT2D eigenvalue weighted by Crippen LogP contribution is 2.39. The third-order valence-electron chi connectivity index (χ3n) is 8.00. The first-order valence-corrected chi connectivity index (χ1v) is 17.3. The summed E-state index contributed by atoms with van der Waals surface area (Å²) in [5, 5.41) is 0.709. The van der Waals surface area contributed by atoms with Crippen LogP contribution in [0, 0.1) is 13.8 Å². The van der Waals surface area contributed by atoms with Crippen LogP contribution in [-0.2, 0) is 32.8 Å². The van der Waals surface area contributed by atoms with E-state index in [1.54, 1.807) is 28.6 Å². The number of benzene rings is 3. The van der Waals surface area contributed by atoms with Crippen LogP contribution in [0.3, 0.4) is 0 Å².